The average molecular weight is 357 g/mol. The van der Waals surface area contributed by atoms with E-state index in [1.165, 1.54) is 17.2 Å². The van der Waals surface area contributed by atoms with E-state index in [4.69, 9.17) is 4.74 Å². The number of amides is 1. The van der Waals surface area contributed by atoms with Crippen LogP contribution in [0.15, 0.2) is 17.1 Å². The average Bonchev–Trinajstić information content (AvgIpc) is 2.97. The standard InChI is InChI=1S/C14H14F3N5O3/c1-8-4-9(23)10(5-18-8)25-7-12(24)21-2-3-22-11(6-21)19-20-13(22)14(15,16)17/h4-5H,2-3,6-7H2,1H3,(H,18,23). The highest BCUT2D eigenvalue weighted by Gasteiger charge is 2.39. The number of hydrogen-bond acceptors (Lipinski definition) is 5. The minimum atomic E-state index is -4.59. The van der Waals surface area contributed by atoms with E-state index in [9.17, 15) is 22.8 Å². The summed E-state index contributed by atoms with van der Waals surface area (Å²) in [7, 11) is 0. The first-order chi connectivity index (χ1) is 11.8. The fourth-order valence-corrected chi connectivity index (χ4v) is 2.48. The van der Waals surface area contributed by atoms with Crippen molar-refractivity contribution in [1.29, 1.82) is 0 Å². The van der Waals surface area contributed by atoms with Gasteiger partial charge in [0.25, 0.3) is 5.91 Å². The number of fused-ring (bicyclic) bond motifs is 1. The van der Waals surface area contributed by atoms with E-state index >= 15 is 0 Å². The van der Waals surface area contributed by atoms with Gasteiger partial charge in [0.2, 0.25) is 11.3 Å². The number of aromatic nitrogens is 4. The molecule has 1 amide bonds. The highest BCUT2D eigenvalue weighted by molar-refractivity contribution is 5.77. The van der Waals surface area contributed by atoms with Crippen LogP contribution in [0.25, 0.3) is 0 Å². The quantitative estimate of drug-likeness (QED) is 0.874. The fourth-order valence-electron chi connectivity index (χ4n) is 2.48. The van der Waals surface area contributed by atoms with Crippen LogP contribution in [0.4, 0.5) is 13.2 Å². The smallest absolute Gasteiger partial charge is 0.451 e. The van der Waals surface area contributed by atoms with Crippen molar-refractivity contribution in [2.75, 3.05) is 13.2 Å². The Hall–Kier alpha value is -2.85. The van der Waals surface area contributed by atoms with E-state index in [1.54, 1.807) is 6.92 Å². The van der Waals surface area contributed by atoms with Gasteiger partial charge in [-0.05, 0) is 6.92 Å². The van der Waals surface area contributed by atoms with Crippen molar-refractivity contribution in [3.05, 3.63) is 39.8 Å². The number of pyridine rings is 1. The third kappa shape index (κ3) is 3.49. The van der Waals surface area contributed by atoms with Crippen LogP contribution < -0.4 is 10.2 Å². The molecule has 1 N–H and O–H groups in total. The molecule has 0 radical (unpaired) electrons. The van der Waals surface area contributed by atoms with E-state index < -0.39 is 24.5 Å². The van der Waals surface area contributed by atoms with Gasteiger partial charge in [0.1, 0.15) is 0 Å². The number of carbonyl (C=O) groups is 1. The number of nitrogens with zero attached hydrogens (tertiary/aromatic N) is 4. The van der Waals surface area contributed by atoms with Gasteiger partial charge < -0.3 is 19.2 Å². The third-order valence-electron chi connectivity index (χ3n) is 3.73. The number of aromatic amines is 1. The number of carbonyl (C=O) groups excluding carboxylic acids is 1. The van der Waals surface area contributed by atoms with Gasteiger partial charge in [0.05, 0.1) is 6.54 Å². The minimum Gasteiger partial charge on any atom is -0.478 e. The molecule has 1 aliphatic rings. The van der Waals surface area contributed by atoms with Gasteiger partial charge in [-0.2, -0.15) is 13.2 Å². The van der Waals surface area contributed by atoms with E-state index in [1.807, 2.05) is 0 Å². The first-order valence-electron chi connectivity index (χ1n) is 7.35. The lowest BCUT2D eigenvalue weighted by Crippen LogP contribution is -2.41. The SMILES string of the molecule is Cc1cc(=O)c(OCC(=O)N2CCn3c(nnc3C(F)(F)F)C2)c[nH]1. The molecule has 0 saturated carbocycles. The number of halogens is 3. The zero-order valence-electron chi connectivity index (χ0n) is 13.1. The summed E-state index contributed by atoms with van der Waals surface area (Å²) in [5, 5.41) is 6.65. The zero-order valence-corrected chi connectivity index (χ0v) is 13.1. The van der Waals surface area contributed by atoms with Gasteiger partial charge in [-0.15, -0.1) is 10.2 Å². The van der Waals surface area contributed by atoms with Crippen molar-refractivity contribution in [2.45, 2.75) is 26.2 Å². The maximum absolute atomic E-state index is 12.8. The van der Waals surface area contributed by atoms with E-state index in [-0.39, 0.29) is 36.6 Å². The first-order valence-corrected chi connectivity index (χ1v) is 7.35. The second-order valence-electron chi connectivity index (χ2n) is 5.54. The summed E-state index contributed by atoms with van der Waals surface area (Å²) >= 11 is 0. The number of alkyl halides is 3. The second kappa shape index (κ2) is 6.22. The molecule has 0 saturated heterocycles. The monoisotopic (exact) mass is 357 g/mol. The molecule has 0 fully saturated rings. The molecule has 3 heterocycles. The second-order valence-corrected chi connectivity index (χ2v) is 5.54. The Morgan fingerprint density at radius 3 is 2.80 bits per heavy atom. The van der Waals surface area contributed by atoms with Gasteiger partial charge in [0.15, 0.2) is 18.2 Å². The number of H-pyrrole nitrogens is 1. The molecule has 0 atom stereocenters. The van der Waals surface area contributed by atoms with Crippen molar-refractivity contribution in [2.24, 2.45) is 0 Å². The summed E-state index contributed by atoms with van der Waals surface area (Å²) in [4.78, 5) is 28.0. The highest BCUT2D eigenvalue weighted by atomic mass is 19.4. The topological polar surface area (TPSA) is 93.1 Å². The number of hydrogen-bond donors (Lipinski definition) is 1. The summed E-state index contributed by atoms with van der Waals surface area (Å²) in [6.45, 7) is 1.21. The number of ether oxygens (including phenoxy) is 1. The number of aryl methyl sites for hydroxylation is 1. The third-order valence-corrected chi connectivity index (χ3v) is 3.73. The molecule has 2 aromatic heterocycles. The Bertz CT molecular complexity index is 858. The predicted molar refractivity (Wildman–Crippen MR) is 77.7 cm³/mol. The van der Waals surface area contributed by atoms with Crippen LogP contribution >= 0.6 is 0 Å². The predicted octanol–water partition coefficient (Wildman–Crippen LogP) is 0.715. The molecule has 8 nitrogen and oxygen atoms in total. The molecule has 25 heavy (non-hydrogen) atoms. The molecule has 134 valence electrons. The van der Waals surface area contributed by atoms with E-state index in [0.717, 1.165) is 4.57 Å². The van der Waals surface area contributed by atoms with Gasteiger partial charge in [0, 0.05) is 31.0 Å². The lowest BCUT2D eigenvalue weighted by molar-refractivity contribution is -0.148. The lowest BCUT2D eigenvalue weighted by Gasteiger charge is -2.27. The van der Waals surface area contributed by atoms with Crippen LogP contribution in [0.5, 0.6) is 5.75 Å². The summed E-state index contributed by atoms with van der Waals surface area (Å²) in [6.07, 6.45) is -3.24. The van der Waals surface area contributed by atoms with Gasteiger partial charge in [-0.25, -0.2) is 0 Å². The summed E-state index contributed by atoms with van der Waals surface area (Å²) < 4.78 is 44.5. The van der Waals surface area contributed by atoms with Crippen LogP contribution in [0.1, 0.15) is 17.3 Å². The van der Waals surface area contributed by atoms with Crippen LogP contribution in [0.2, 0.25) is 0 Å². The Labute approximate surface area is 139 Å². The maximum atomic E-state index is 12.8. The first kappa shape index (κ1) is 17.0. The van der Waals surface area contributed by atoms with Crippen LogP contribution in [-0.4, -0.2) is 43.7 Å². The van der Waals surface area contributed by atoms with Crippen molar-refractivity contribution in [3.8, 4) is 5.75 Å². The molecule has 0 aliphatic carbocycles. The summed E-state index contributed by atoms with van der Waals surface area (Å²) in [6, 6.07) is 1.34. The molecule has 2 aromatic rings. The van der Waals surface area contributed by atoms with Crippen molar-refractivity contribution in [3.63, 3.8) is 0 Å². The Balaban J connectivity index is 1.65. The molecule has 0 aromatic carbocycles. The molecule has 0 spiro atoms. The molecule has 1 aliphatic heterocycles. The molecule has 3 rings (SSSR count). The Morgan fingerprint density at radius 2 is 2.12 bits per heavy atom. The van der Waals surface area contributed by atoms with Gasteiger partial charge in [-0.3, -0.25) is 9.59 Å². The molecular weight excluding hydrogens is 343 g/mol. The van der Waals surface area contributed by atoms with Crippen molar-refractivity contribution >= 4 is 5.91 Å². The van der Waals surface area contributed by atoms with Crippen molar-refractivity contribution in [1.82, 2.24) is 24.6 Å². The lowest BCUT2D eigenvalue weighted by atomic mass is 10.3. The summed E-state index contributed by atoms with van der Waals surface area (Å²) in [5.41, 5.74) is 0.289. The van der Waals surface area contributed by atoms with Crippen LogP contribution in [0.3, 0.4) is 0 Å². The fraction of sp³-hybridized carbons (Fsp3) is 0.429. The van der Waals surface area contributed by atoms with Gasteiger partial charge in [-0.1, -0.05) is 0 Å². The number of rotatable bonds is 3. The molecule has 11 heteroatoms. The Kier molecular flexibility index (Phi) is 4.23. The Morgan fingerprint density at radius 1 is 1.36 bits per heavy atom. The maximum Gasteiger partial charge on any atom is 0.451 e. The number of nitrogens with one attached hydrogen (secondary N) is 1. The molecule has 0 unspecified atom stereocenters. The zero-order chi connectivity index (χ0) is 18.2. The minimum absolute atomic E-state index is 0.00140. The normalized spacial score (nSPS) is 14.3. The van der Waals surface area contributed by atoms with Gasteiger partial charge >= 0.3 is 6.18 Å². The highest BCUT2D eigenvalue weighted by Crippen LogP contribution is 2.29. The van der Waals surface area contributed by atoms with E-state index in [0.29, 0.717) is 5.69 Å². The largest absolute Gasteiger partial charge is 0.478 e. The van der Waals surface area contributed by atoms with Crippen molar-refractivity contribution < 1.29 is 22.7 Å². The summed E-state index contributed by atoms with van der Waals surface area (Å²) in [5.74, 6) is -1.47. The van der Waals surface area contributed by atoms with E-state index in [2.05, 4.69) is 15.2 Å². The van der Waals surface area contributed by atoms with Crippen LogP contribution in [0, 0.1) is 6.92 Å². The molecular formula is C14H14F3N5O3. The van der Waals surface area contributed by atoms with Crippen LogP contribution in [-0.2, 0) is 24.1 Å². The molecule has 0 bridgehead atoms.